The van der Waals surface area contributed by atoms with Crippen LogP contribution in [0.4, 0.5) is 4.39 Å². The number of hydrogen-bond acceptors (Lipinski definition) is 4. The fourth-order valence-corrected chi connectivity index (χ4v) is 2.05. The molecule has 0 aliphatic rings. The first kappa shape index (κ1) is 17.3. The van der Waals surface area contributed by atoms with Crippen LogP contribution in [0.1, 0.15) is 12.8 Å². The fraction of sp³-hybridized carbons (Fsp3) is 0.429. The molecule has 0 aliphatic heterocycles. The average Bonchev–Trinajstić information content (AvgIpc) is 2.43. The number of aliphatic carboxylic acids is 1. The molecule has 0 heterocycles. The van der Waals surface area contributed by atoms with Crippen LogP contribution in [-0.4, -0.2) is 41.6 Å². The summed E-state index contributed by atoms with van der Waals surface area (Å²) in [7, 11) is 0. The number of carboxylic acids is 1. The largest absolute Gasteiger partial charge is 0.493 e. The molecule has 1 aromatic carbocycles. The van der Waals surface area contributed by atoms with Crippen molar-refractivity contribution in [3.8, 4) is 5.75 Å². The maximum absolute atomic E-state index is 12.9. The van der Waals surface area contributed by atoms with Crippen LogP contribution in [0.15, 0.2) is 24.3 Å². The number of carbonyl (C=O) groups is 2. The predicted octanol–water partition coefficient (Wildman–Crippen LogP) is 1.92. The van der Waals surface area contributed by atoms with E-state index >= 15 is 0 Å². The lowest BCUT2D eigenvalue weighted by Gasteiger charge is -2.14. The Morgan fingerprint density at radius 1 is 1.48 bits per heavy atom. The van der Waals surface area contributed by atoms with E-state index in [1.54, 1.807) is 6.07 Å². The van der Waals surface area contributed by atoms with Crippen molar-refractivity contribution in [3.63, 3.8) is 0 Å². The van der Waals surface area contributed by atoms with Gasteiger partial charge in [-0.1, -0.05) is 6.07 Å². The molecule has 0 saturated carbocycles. The quantitative estimate of drug-likeness (QED) is 0.728. The fourth-order valence-electron chi connectivity index (χ4n) is 1.58. The Morgan fingerprint density at radius 3 is 2.86 bits per heavy atom. The highest BCUT2D eigenvalue weighted by Gasteiger charge is 2.19. The summed E-state index contributed by atoms with van der Waals surface area (Å²) in [5, 5.41) is 11.4. The molecule has 1 atom stereocenters. The Balaban J connectivity index is 2.34. The van der Waals surface area contributed by atoms with Crippen molar-refractivity contribution < 1.29 is 23.8 Å². The minimum atomic E-state index is -1.05. The van der Waals surface area contributed by atoms with Crippen LogP contribution in [0.2, 0.25) is 0 Å². The van der Waals surface area contributed by atoms with E-state index in [9.17, 15) is 14.0 Å². The zero-order valence-corrected chi connectivity index (χ0v) is 12.5. The van der Waals surface area contributed by atoms with Gasteiger partial charge < -0.3 is 15.2 Å². The molecule has 0 fully saturated rings. The monoisotopic (exact) mass is 315 g/mol. The van der Waals surface area contributed by atoms with Crippen LogP contribution >= 0.6 is 11.8 Å². The van der Waals surface area contributed by atoms with Crippen molar-refractivity contribution in [3.05, 3.63) is 30.1 Å². The summed E-state index contributed by atoms with van der Waals surface area (Å²) in [6.45, 7) is 0.0597. The van der Waals surface area contributed by atoms with E-state index in [2.05, 4.69) is 5.32 Å². The van der Waals surface area contributed by atoms with Crippen LogP contribution in [0.25, 0.3) is 0 Å². The molecule has 0 spiro atoms. The zero-order chi connectivity index (χ0) is 15.7. The van der Waals surface area contributed by atoms with Gasteiger partial charge in [-0.3, -0.25) is 4.79 Å². The van der Waals surface area contributed by atoms with Crippen molar-refractivity contribution in [1.82, 2.24) is 5.32 Å². The van der Waals surface area contributed by atoms with E-state index in [4.69, 9.17) is 9.84 Å². The van der Waals surface area contributed by atoms with Gasteiger partial charge in [-0.15, -0.1) is 0 Å². The minimum Gasteiger partial charge on any atom is -0.493 e. The number of hydrogen-bond donors (Lipinski definition) is 2. The van der Waals surface area contributed by atoms with E-state index in [1.807, 2.05) is 6.26 Å². The summed E-state index contributed by atoms with van der Waals surface area (Å²) in [6.07, 6.45) is 2.25. The van der Waals surface area contributed by atoms with Crippen molar-refractivity contribution in [1.29, 1.82) is 0 Å². The summed E-state index contributed by atoms with van der Waals surface area (Å²) in [5.74, 6) is -0.889. The van der Waals surface area contributed by atoms with Crippen LogP contribution in [0.5, 0.6) is 5.75 Å². The second-order valence-corrected chi connectivity index (χ2v) is 5.28. The summed E-state index contributed by atoms with van der Waals surface area (Å²) >= 11 is 1.52. The van der Waals surface area contributed by atoms with Gasteiger partial charge in [0.1, 0.15) is 17.6 Å². The number of halogens is 1. The molecule has 1 aromatic rings. The molecule has 1 amide bonds. The highest BCUT2D eigenvalue weighted by Crippen LogP contribution is 2.12. The van der Waals surface area contributed by atoms with Crippen molar-refractivity contribution in [2.75, 3.05) is 18.6 Å². The molecular formula is C14H18FNO4S. The van der Waals surface area contributed by atoms with Gasteiger partial charge >= 0.3 is 5.97 Å². The van der Waals surface area contributed by atoms with Crippen LogP contribution in [0.3, 0.4) is 0 Å². The molecule has 21 heavy (non-hydrogen) atoms. The summed E-state index contributed by atoms with van der Waals surface area (Å²) in [4.78, 5) is 22.6. The summed E-state index contributed by atoms with van der Waals surface area (Å²) in [6, 6.07) is 4.71. The van der Waals surface area contributed by atoms with E-state index < -0.39 is 23.7 Å². The number of nitrogens with one attached hydrogen (secondary N) is 1. The maximum Gasteiger partial charge on any atom is 0.326 e. The van der Waals surface area contributed by atoms with Gasteiger partial charge in [0.15, 0.2) is 0 Å². The lowest BCUT2D eigenvalue weighted by Crippen LogP contribution is -2.41. The van der Waals surface area contributed by atoms with Crippen molar-refractivity contribution in [2.45, 2.75) is 18.9 Å². The lowest BCUT2D eigenvalue weighted by molar-refractivity contribution is -0.141. The van der Waals surface area contributed by atoms with Crippen molar-refractivity contribution >= 4 is 23.6 Å². The molecule has 5 nitrogen and oxygen atoms in total. The molecule has 0 unspecified atom stereocenters. The van der Waals surface area contributed by atoms with Crippen LogP contribution in [-0.2, 0) is 9.59 Å². The van der Waals surface area contributed by atoms with Crippen LogP contribution in [0, 0.1) is 5.82 Å². The van der Waals surface area contributed by atoms with Gasteiger partial charge in [0.05, 0.1) is 13.0 Å². The molecule has 0 saturated heterocycles. The standard InChI is InChI=1S/C14H18FNO4S/c1-21-8-6-12(14(18)19)16-13(17)5-7-20-11-4-2-3-10(15)9-11/h2-4,9,12H,5-8H2,1H3,(H,16,17)(H,18,19)/t12-/m0/s1. The van der Waals surface area contributed by atoms with Crippen LogP contribution < -0.4 is 10.1 Å². The number of carboxylic acid groups (broad SMARTS) is 1. The van der Waals surface area contributed by atoms with E-state index in [0.717, 1.165) is 0 Å². The van der Waals surface area contributed by atoms with Gasteiger partial charge in [-0.05, 0) is 30.6 Å². The molecule has 2 N–H and O–H groups in total. The number of benzene rings is 1. The highest BCUT2D eigenvalue weighted by molar-refractivity contribution is 7.98. The lowest BCUT2D eigenvalue weighted by atomic mass is 10.2. The third-order valence-corrected chi connectivity index (χ3v) is 3.28. The van der Waals surface area contributed by atoms with Crippen molar-refractivity contribution in [2.24, 2.45) is 0 Å². The molecule has 7 heteroatoms. The molecule has 0 bridgehead atoms. The third-order valence-electron chi connectivity index (χ3n) is 2.64. The smallest absolute Gasteiger partial charge is 0.326 e. The van der Waals surface area contributed by atoms with Gasteiger partial charge in [0.2, 0.25) is 5.91 Å². The van der Waals surface area contributed by atoms with E-state index in [0.29, 0.717) is 17.9 Å². The average molecular weight is 315 g/mol. The zero-order valence-electron chi connectivity index (χ0n) is 11.7. The van der Waals surface area contributed by atoms with E-state index in [-0.39, 0.29) is 13.0 Å². The first-order valence-corrected chi connectivity index (χ1v) is 7.81. The SMILES string of the molecule is CSCC[C@H](NC(=O)CCOc1cccc(F)c1)C(=O)O. The van der Waals surface area contributed by atoms with Gasteiger partial charge in [-0.2, -0.15) is 11.8 Å². The Morgan fingerprint density at radius 2 is 2.24 bits per heavy atom. The number of rotatable bonds is 9. The topological polar surface area (TPSA) is 75.6 Å². The molecule has 0 aliphatic carbocycles. The van der Waals surface area contributed by atoms with Gasteiger partial charge in [0.25, 0.3) is 0 Å². The normalized spacial score (nSPS) is 11.7. The third kappa shape index (κ3) is 6.99. The molecule has 1 rings (SSSR count). The number of carbonyl (C=O) groups excluding carboxylic acids is 1. The molecule has 0 aromatic heterocycles. The van der Waals surface area contributed by atoms with Gasteiger partial charge in [-0.25, -0.2) is 9.18 Å². The Bertz CT molecular complexity index is 484. The molecular weight excluding hydrogens is 297 g/mol. The number of ether oxygens (including phenoxy) is 1. The van der Waals surface area contributed by atoms with E-state index in [1.165, 1.54) is 30.0 Å². The minimum absolute atomic E-state index is 0.0135. The summed E-state index contributed by atoms with van der Waals surface area (Å²) in [5.41, 5.74) is 0. The Kier molecular flexibility index (Phi) is 7.60. The molecule has 116 valence electrons. The second kappa shape index (κ2) is 9.23. The predicted molar refractivity (Wildman–Crippen MR) is 79.1 cm³/mol. The Hall–Kier alpha value is -1.76. The summed E-state index contributed by atoms with van der Waals surface area (Å²) < 4.78 is 18.1. The maximum atomic E-state index is 12.9. The number of amides is 1. The molecule has 0 radical (unpaired) electrons. The van der Waals surface area contributed by atoms with Gasteiger partial charge in [0, 0.05) is 6.07 Å². The Labute approximate surface area is 126 Å². The second-order valence-electron chi connectivity index (χ2n) is 4.30. The first-order valence-electron chi connectivity index (χ1n) is 6.42. The highest BCUT2D eigenvalue weighted by atomic mass is 32.2. The first-order chi connectivity index (χ1) is 10.0. The number of thioether (sulfide) groups is 1.